The number of methoxy groups -OCH3 is 1. The largest absolute Gasteiger partial charge is 0.497 e. The second kappa shape index (κ2) is 8.25. The van der Waals surface area contributed by atoms with Crippen LogP contribution in [0.25, 0.3) is 0 Å². The van der Waals surface area contributed by atoms with Crippen LogP contribution in [0.1, 0.15) is 18.4 Å². The fourth-order valence-corrected chi connectivity index (χ4v) is 2.48. The second-order valence-electron chi connectivity index (χ2n) is 5.43. The third kappa shape index (κ3) is 5.12. The van der Waals surface area contributed by atoms with Crippen molar-refractivity contribution >= 4 is 0 Å². The van der Waals surface area contributed by atoms with Crippen molar-refractivity contribution in [1.82, 2.24) is 10.2 Å². The van der Waals surface area contributed by atoms with Gasteiger partial charge in [0.15, 0.2) is 0 Å². The Morgan fingerprint density at radius 2 is 1.95 bits per heavy atom. The molecule has 4 heteroatoms. The third-order valence-electron chi connectivity index (χ3n) is 3.76. The Hall–Kier alpha value is -1.10. The number of benzene rings is 1. The first-order valence-corrected chi connectivity index (χ1v) is 7.40. The summed E-state index contributed by atoms with van der Waals surface area (Å²) in [6, 6.07) is 8.92. The summed E-state index contributed by atoms with van der Waals surface area (Å²) in [6.45, 7) is 4.87. The molecule has 0 aliphatic carbocycles. The fourth-order valence-electron chi connectivity index (χ4n) is 2.48. The minimum absolute atomic E-state index is 0.637. The molecular formula is C16H26N2O2. The molecule has 0 bridgehead atoms. The highest BCUT2D eigenvalue weighted by atomic mass is 16.5. The molecule has 112 valence electrons. The Labute approximate surface area is 122 Å². The monoisotopic (exact) mass is 278 g/mol. The van der Waals surface area contributed by atoms with Crippen LogP contribution in [-0.2, 0) is 11.3 Å². The highest BCUT2D eigenvalue weighted by Gasteiger charge is 2.12. The molecule has 1 aromatic carbocycles. The molecule has 1 N–H and O–H groups in total. The molecule has 1 aliphatic rings. The van der Waals surface area contributed by atoms with Crippen molar-refractivity contribution in [2.75, 3.05) is 40.5 Å². The van der Waals surface area contributed by atoms with E-state index < -0.39 is 0 Å². The maximum absolute atomic E-state index is 5.36. The number of hydrogen-bond donors (Lipinski definition) is 1. The zero-order valence-corrected chi connectivity index (χ0v) is 12.6. The van der Waals surface area contributed by atoms with Gasteiger partial charge >= 0.3 is 0 Å². The number of rotatable bonds is 7. The molecule has 20 heavy (non-hydrogen) atoms. The van der Waals surface area contributed by atoms with E-state index in [1.54, 1.807) is 7.11 Å². The maximum Gasteiger partial charge on any atom is 0.118 e. The lowest BCUT2D eigenvalue weighted by Gasteiger charge is -2.24. The molecule has 1 heterocycles. The Morgan fingerprint density at radius 3 is 2.60 bits per heavy atom. The van der Waals surface area contributed by atoms with E-state index in [-0.39, 0.29) is 0 Å². The number of hydrogen-bond acceptors (Lipinski definition) is 4. The average Bonchev–Trinajstić information content (AvgIpc) is 2.49. The first-order chi connectivity index (χ1) is 9.78. The first-order valence-electron chi connectivity index (χ1n) is 7.40. The normalized spacial score (nSPS) is 16.6. The Kier molecular flexibility index (Phi) is 6.30. The van der Waals surface area contributed by atoms with Gasteiger partial charge in [-0.15, -0.1) is 0 Å². The quantitative estimate of drug-likeness (QED) is 0.826. The van der Waals surface area contributed by atoms with Crippen LogP contribution in [0, 0.1) is 0 Å². The Morgan fingerprint density at radius 1 is 1.25 bits per heavy atom. The summed E-state index contributed by atoms with van der Waals surface area (Å²) in [5.41, 5.74) is 1.32. The summed E-state index contributed by atoms with van der Waals surface area (Å²) < 4.78 is 10.5. The van der Waals surface area contributed by atoms with Gasteiger partial charge in [0.05, 0.1) is 7.11 Å². The Balaban J connectivity index is 1.65. The van der Waals surface area contributed by atoms with Crippen molar-refractivity contribution in [2.45, 2.75) is 25.4 Å². The molecule has 0 unspecified atom stereocenters. The van der Waals surface area contributed by atoms with Gasteiger partial charge in [-0.1, -0.05) is 12.1 Å². The smallest absolute Gasteiger partial charge is 0.118 e. The fraction of sp³-hybridized carbons (Fsp3) is 0.625. The van der Waals surface area contributed by atoms with E-state index in [2.05, 4.69) is 29.4 Å². The number of ether oxygens (including phenoxy) is 2. The topological polar surface area (TPSA) is 33.7 Å². The van der Waals surface area contributed by atoms with Crippen LogP contribution in [0.4, 0.5) is 0 Å². The van der Waals surface area contributed by atoms with Gasteiger partial charge in [-0.05, 0) is 37.6 Å². The molecule has 4 nitrogen and oxygen atoms in total. The highest BCUT2D eigenvalue weighted by Crippen LogP contribution is 2.12. The predicted molar refractivity (Wildman–Crippen MR) is 81.2 cm³/mol. The summed E-state index contributed by atoms with van der Waals surface area (Å²) in [5.74, 6) is 0.914. The Bertz CT molecular complexity index is 375. The van der Waals surface area contributed by atoms with Crippen LogP contribution >= 0.6 is 0 Å². The van der Waals surface area contributed by atoms with Crippen molar-refractivity contribution < 1.29 is 9.47 Å². The molecule has 1 fully saturated rings. The van der Waals surface area contributed by atoms with Gasteiger partial charge in [-0.25, -0.2) is 0 Å². The van der Waals surface area contributed by atoms with Gasteiger partial charge < -0.3 is 19.7 Å². The van der Waals surface area contributed by atoms with Crippen molar-refractivity contribution in [2.24, 2.45) is 0 Å². The molecule has 1 aromatic rings. The summed E-state index contributed by atoms with van der Waals surface area (Å²) in [7, 11) is 3.86. The number of nitrogens with one attached hydrogen (secondary N) is 1. The number of nitrogens with zero attached hydrogens (tertiary/aromatic N) is 1. The van der Waals surface area contributed by atoms with Crippen LogP contribution in [0.3, 0.4) is 0 Å². The van der Waals surface area contributed by atoms with Crippen LogP contribution < -0.4 is 10.1 Å². The lowest BCUT2D eigenvalue weighted by atomic mass is 10.1. The summed E-state index contributed by atoms with van der Waals surface area (Å²) in [5, 5.41) is 3.61. The molecular weight excluding hydrogens is 252 g/mol. The lowest BCUT2D eigenvalue weighted by molar-refractivity contribution is 0.0774. The minimum atomic E-state index is 0.637. The van der Waals surface area contributed by atoms with Crippen molar-refractivity contribution in [1.29, 1.82) is 0 Å². The van der Waals surface area contributed by atoms with Crippen LogP contribution in [-0.4, -0.2) is 51.4 Å². The molecule has 0 atom stereocenters. The molecule has 2 rings (SSSR count). The summed E-state index contributed by atoms with van der Waals surface area (Å²) in [6.07, 6.45) is 2.28. The molecule has 0 amide bonds. The van der Waals surface area contributed by atoms with E-state index >= 15 is 0 Å². The van der Waals surface area contributed by atoms with E-state index in [0.29, 0.717) is 6.04 Å². The van der Waals surface area contributed by atoms with E-state index in [1.807, 2.05) is 12.1 Å². The SMILES string of the molecule is COc1ccc(CN(C)CCNC2CCOCC2)cc1. The van der Waals surface area contributed by atoms with E-state index in [9.17, 15) is 0 Å². The zero-order valence-electron chi connectivity index (χ0n) is 12.6. The minimum Gasteiger partial charge on any atom is -0.497 e. The van der Waals surface area contributed by atoms with Crippen LogP contribution in [0.2, 0.25) is 0 Å². The molecule has 0 spiro atoms. The molecule has 1 aliphatic heterocycles. The van der Waals surface area contributed by atoms with Gasteiger partial charge in [0.2, 0.25) is 0 Å². The standard InChI is InChI=1S/C16H26N2O2/c1-18(10-9-17-15-7-11-20-12-8-15)13-14-3-5-16(19-2)6-4-14/h3-6,15,17H,7-13H2,1-2H3. The third-order valence-corrected chi connectivity index (χ3v) is 3.76. The lowest BCUT2D eigenvalue weighted by Crippen LogP contribution is -2.39. The molecule has 1 saturated heterocycles. The molecule has 0 saturated carbocycles. The van der Waals surface area contributed by atoms with Crippen molar-refractivity contribution in [3.8, 4) is 5.75 Å². The molecule has 0 radical (unpaired) electrons. The van der Waals surface area contributed by atoms with E-state index in [0.717, 1.165) is 51.4 Å². The first kappa shape index (κ1) is 15.3. The number of likely N-dealkylation sites (N-methyl/N-ethyl adjacent to an activating group) is 1. The summed E-state index contributed by atoms with van der Waals surface area (Å²) >= 11 is 0. The van der Waals surface area contributed by atoms with Crippen LogP contribution in [0.5, 0.6) is 5.75 Å². The maximum atomic E-state index is 5.36. The van der Waals surface area contributed by atoms with Crippen LogP contribution in [0.15, 0.2) is 24.3 Å². The van der Waals surface area contributed by atoms with Gasteiger partial charge in [0.25, 0.3) is 0 Å². The van der Waals surface area contributed by atoms with Gasteiger partial charge in [0, 0.05) is 38.9 Å². The van der Waals surface area contributed by atoms with Crippen molar-refractivity contribution in [3.05, 3.63) is 29.8 Å². The van der Waals surface area contributed by atoms with Gasteiger partial charge in [-0.2, -0.15) is 0 Å². The zero-order chi connectivity index (χ0) is 14.2. The summed E-state index contributed by atoms with van der Waals surface area (Å²) in [4.78, 5) is 2.34. The molecule has 0 aromatic heterocycles. The average molecular weight is 278 g/mol. The van der Waals surface area contributed by atoms with E-state index in [4.69, 9.17) is 9.47 Å². The second-order valence-corrected chi connectivity index (χ2v) is 5.43. The highest BCUT2D eigenvalue weighted by molar-refractivity contribution is 5.26. The predicted octanol–water partition coefficient (Wildman–Crippen LogP) is 1.90. The van der Waals surface area contributed by atoms with Gasteiger partial charge in [0.1, 0.15) is 5.75 Å². The van der Waals surface area contributed by atoms with Gasteiger partial charge in [-0.3, -0.25) is 0 Å². The van der Waals surface area contributed by atoms with E-state index in [1.165, 1.54) is 5.56 Å². The van der Waals surface area contributed by atoms with Crippen molar-refractivity contribution in [3.63, 3.8) is 0 Å².